The fourth-order valence-corrected chi connectivity index (χ4v) is 4.75. The van der Waals surface area contributed by atoms with E-state index in [0.29, 0.717) is 32.8 Å². The number of hydrogen-bond donors (Lipinski definition) is 2. The van der Waals surface area contributed by atoms with E-state index in [9.17, 15) is 8.42 Å². The van der Waals surface area contributed by atoms with E-state index in [2.05, 4.69) is 4.90 Å². The second-order valence-electron chi connectivity index (χ2n) is 5.73. The second-order valence-corrected chi connectivity index (χ2v) is 7.74. The van der Waals surface area contributed by atoms with Gasteiger partial charge in [-0.1, -0.05) is 6.92 Å². The molecule has 2 fully saturated rings. The molecule has 2 atom stereocenters. The van der Waals surface area contributed by atoms with Crippen LogP contribution < -0.4 is 5.73 Å². The minimum atomic E-state index is -3.25. The van der Waals surface area contributed by atoms with Crippen LogP contribution in [0.4, 0.5) is 0 Å². The first-order valence-corrected chi connectivity index (χ1v) is 9.22. The van der Waals surface area contributed by atoms with E-state index in [1.54, 1.807) is 4.31 Å². The fraction of sp³-hybridized carbons (Fsp3) is 0.923. The Hall–Kier alpha value is -0.700. The molecule has 0 radical (unpaired) electrons. The number of ether oxygens (including phenoxy) is 1. The number of nitrogens with zero attached hydrogens (tertiary/aromatic N) is 2. The summed E-state index contributed by atoms with van der Waals surface area (Å²) in [5.74, 6) is 0.254. The molecule has 21 heavy (non-hydrogen) atoms. The Morgan fingerprint density at radius 3 is 2.52 bits per heavy atom. The van der Waals surface area contributed by atoms with E-state index >= 15 is 0 Å². The summed E-state index contributed by atoms with van der Waals surface area (Å²) >= 11 is 0. The number of sulfonamides is 1. The third-order valence-electron chi connectivity index (χ3n) is 4.27. The molecule has 2 saturated heterocycles. The van der Waals surface area contributed by atoms with E-state index in [1.807, 2.05) is 6.92 Å². The van der Waals surface area contributed by atoms with Crippen LogP contribution in [0.15, 0.2) is 0 Å². The first-order valence-electron chi connectivity index (χ1n) is 7.61. The molecule has 0 aromatic carbocycles. The van der Waals surface area contributed by atoms with Gasteiger partial charge in [-0.25, -0.2) is 8.42 Å². The van der Waals surface area contributed by atoms with Crippen LogP contribution in [0.2, 0.25) is 0 Å². The number of amidine groups is 1. The van der Waals surface area contributed by atoms with Gasteiger partial charge in [0.2, 0.25) is 10.0 Å². The van der Waals surface area contributed by atoms with Gasteiger partial charge in [0.05, 0.1) is 17.9 Å². The number of nitrogens with two attached hydrogens (primary N) is 1. The lowest BCUT2D eigenvalue weighted by Gasteiger charge is -2.38. The number of piperazine rings is 1. The van der Waals surface area contributed by atoms with E-state index in [1.165, 1.54) is 0 Å². The molecular weight excluding hydrogens is 292 g/mol. The van der Waals surface area contributed by atoms with Crippen LogP contribution in [0.1, 0.15) is 26.2 Å². The maximum atomic E-state index is 12.4. The average molecular weight is 318 g/mol. The molecule has 2 aliphatic heterocycles. The van der Waals surface area contributed by atoms with Gasteiger partial charge in [0.15, 0.2) is 0 Å². The van der Waals surface area contributed by atoms with E-state index in [0.717, 1.165) is 19.3 Å². The van der Waals surface area contributed by atoms with Gasteiger partial charge in [-0.2, -0.15) is 4.31 Å². The van der Waals surface area contributed by atoms with E-state index in [4.69, 9.17) is 15.9 Å². The molecule has 0 amide bonds. The molecule has 2 heterocycles. The van der Waals surface area contributed by atoms with Crippen LogP contribution in [-0.4, -0.2) is 74.1 Å². The standard InChI is InChI=1S/C13H26N4O3S/c1-2-12(13(14)15)16-5-7-17(8-6-16)21(18,19)10-11-4-3-9-20-11/h11-12H,2-10H2,1H3,(H3,14,15). The Kier molecular flexibility index (Phi) is 5.59. The lowest BCUT2D eigenvalue weighted by molar-refractivity contribution is 0.124. The van der Waals surface area contributed by atoms with Crippen molar-refractivity contribution < 1.29 is 13.2 Å². The SMILES string of the molecule is CCC(C(=N)N)N1CCN(S(=O)(=O)CC2CCCO2)CC1. The Bertz CT molecular complexity index is 454. The van der Waals surface area contributed by atoms with Gasteiger partial charge < -0.3 is 10.5 Å². The minimum absolute atomic E-state index is 0.0759. The Balaban J connectivity index is 1.89. The molecular formula is C13H26N4O3S. The lowest BCUT2D eigenvalue weighted by atomic mass is 10.1. The predicted octanol–water partition coefficient (Wildman–Crippen LogP) is -0.173. The Morgan fingerprint density at radius 1 is 1.38 bits per heavy atom. The van der Waals surface area contributed by atoms with Crippen molar-refractivity contribution in [2.45, 2.75) is 38.3 Å². The van der Waals surface area contributed by atoms with Gasteiger partial charge in [-0.3, -0.25) is 10.3 Å². The third-order valence-corrected chi connectivity index (χ3v) is 6.22. The molecule has 0 aromatic heterocycles. The van der Waals surface area contributed by atoms with Gasteiger partial charge in [0.25, 0.3) is 0 Å². The second kappa shape index (κ2) is 7.04. The summed E-state index contributed by atoms with van der Waals surface area (Å²) in [4.78, 5) is 2.10. The molecule has 0 aliphatic carbocycles. The van der Waals surface area contributed by atoms with Crippen molar-refractivity contribution in [2.75, 3.05) is 38.5 Å². The third kappa shape index (κ3) is 4.15. The molecule has 0 spiro atoms. The zero-order valence-corrected chi connectivity index (χ0v) is 13.4. The first kappa shape index (κ1) is 16.7. The monoisotopic (exact) mass is 318 g/mol. The van der Waals surface area contributed by atoms with Crippen molar-refractivity contribution in [2.24, 2.45) is 5.73 Å². The highest BCUT2D eigenvalue weighted by Crippen LogP contribution is 2.18. The van der Waals surface area contributed by atoms with Crippen LogP contribution in [0.25, 0.3) is 0 Å². The predicted molar refractivity (Wildman–Crippen MR) is 81.9 cm³/mol. The van der Waals surface area contributed by atoms with Crippen molar-refractivity contribution in [1.29, 1.82) is 5.41 Å². The van der Waals surface area contributed by atoms with Crippen molar-refractivity contribution in [1.82, 2.24) is 9.21 Å². The summed E-state index contributed by atoms with van der Waals surface area (Å²) < 4.78 is 31.7. The highest BCUT2D eigenvalue weighted by atomic mass is 32.2. The zero-order valence-electron chi connectivity index (χ0n) is 12.6. The van der Waals surface area contributed by atoms with Crippen LogP contribution >= 0.6 is 0 Å². The first-order chi connectivity index (χ1) is 9.94. The molecule has 0 saturated carbocycles. The summed E-state index contributed by atoms with van der Waals surface area (Å²) in [6, 6.07) is -0.0759. The van der Waals surface area contributed by atoms with Gasteiger partial charge in [0.1, 0.15) is 5.84 Å². The quantitative estimate of drug-likeness (QED) is 0.523. The minimum Gasteiger partial charge on any atom is -0.386 e. The summed E-state index contributed by atoms with van der Waals surface area (Å²) in [7, 11) is -3.25. The molecule has 2 unspecified atom stereocenters. The van der Waals surface area contributed by atoms with E-state index in [-0.39, 0.29) is 23.7 Å². The largest absolute Gasteiger partial charge is 0.386 e. The van der Waals surface area contributed by atoms with Crippen molar-refractivity contribution in [3.63, 3.8) is 0 Å². The van der Waals surface area contributed by atoms with Gasteiger partial charge in [-0.15, -0.1) is 0 Å². The lowest BCUT2D eigenvalue weighted by Crippen LogP contribution is -2.55. The molecule has 2 aliphatic rings. The van der Waals surface area contributed by atoms with Crippen LogP contribution in [-0.2, 0) is 14.8 Å². The van der Waals surface area contributed by atoms with Crippen molar-refractivity contribution >= 4 is 15.9 Å². The average Bonchev–Trinajstić information content (AvgIpc) is 2.92. The maximum absolute atomic E-state index is 12.4. The summed E-state index contributed by atoms with van der Waals surface area (Å²) in [5, 5.41) is 7.60. The van der Waals surface area contributed by atoms with Gasteiger partial charge >= 0.3 is 0 Å². The summed E-state index contributed by atoms with van der Waals surface area (Å²) in [5.41, 5.74) is 5.60. The van der Waals surface area contributed by atoms with Gasteiger partial charge in [0, 0.05) is 32.8 Å². The molecule has 122 valence electrons. The van der Waals surface area contributed by atoms with Crippen LogP contribution in [0.3, 0.4) is 0 Å². The molecule has 2 rings (SSSR count). The smallest absolute Gasteiger partial charge is 0.216 e. The summed E-state index contributed by atoms with van der Waals surface area (Å²) in [6.07, 6.45) is 2.41. The topological polar surface area (TPSA) is 99.7 Å². The Labute approximate surface area is 127 Å². The number of rotatable bonds is 6. The molecule has 8 heteroatoms. The number of hydrogen-bond acceptors (Lipinski definition) is 5. The highest BCUT2D eigenvalue weighted by molar-refractivity contribution is 7.89. The molecule has 0 bridgehead atoms. The van der Waals surface area contributed by atoms with Crippen molar-refractivity contribution in [3.05, 3.63) is 0 Å². The molecule has 3 N–H and O–H groups in total. The molecule has 0 aromatic rings. The summed E-state index contributed by atoms with van der Waals surface area (Å²) in [6.45, 7) is 4.86. The number of nitrogens with one attached hydrogen (secondary N) is 1. The molecule has 7 nitrogen and oxygen atoms in total. The van der Waals surface area contributed by atoms with E-state index < -0.39 is 10.0 Å². The highest BCUT2D eigenvalue weighted by Gasteiger charge is 2.32. The van der Waals surface area contributed by atoms with Crippen LogP contribution in [0.5, 0.6) is 0 Å². The van der Waals surface area contributed by atoms with Crippen LogP contribution in [0, 0.1) is 5.41 Å². The maximum Gasteiger partial charge on any atom is 0.216 e. The van der Waals surface area contributed by atoms with Crippen molar-refractivity contribution in [3.8, 4) is 0 Å². The van der Waals surface area contributed by atoms with Gasteiger partial charge in [-0.05, 0) is 19.3 Å². The fourth-order valence-electron chi connectivity index (χ4n) is 3.08. The zero-order chi connectivity index (χ0) is 15.5. The normalized spacial score (nSPS) is 26.8. The Morgan fingerprint density at radius 2 is 2.05 bits per heavy atom.